The van der Waals surface area contributed by atoms with E-state index < -0.39 is 0 Å². The maximum Gasteiger partial charge on any atom is 0.236 e. The molecule has 0 saturated carbocycles. The van der Waals surface area contributed by atoms with Gasteiger partial charge in [-0.15, -0.1) is 0 Å². The Morgan fingerprint density at radius 2 is 1.75 bits per heavy atom. The van der Waals surface area contributed by atoms with Crippen LogP contribution in [-0.4, -0.2) is 51.8 Å². The van der Waals surface area contributed by atoms with Crippen LogP contribution in [0.15, 0.2) is 16.9 Å². The van der Waals surface area contributed by atoms with Crippen molar-refractivity contribution >= 4 is 43.7 Å². The van der Waals surface area contributed by atoms with Crippen molar-refractivity contribution in [1.29, 1.82) is 0 Å². The molecule has 0 aromatic carbocycles. The summed E-state index contributed by atoms with van der Waals surface area (Å²) in [4.78, 5) is 24.7. The van der Waals surface area contributed by atoms with Crippen molar-refractivity contribution < 1.29 is 4.79 Å². The van der Waals surface area contributed by atoms with Crippen LogP contribution in [0.2, 0.25) is 0 Å². The lowest BCUT2D eigenvalue weighted by molar-refractivity contribution is -0.131. The molecule has 1 fully saturated rings. The van der Waals surface area contributed by atoms with E-state index in [0.717, 1.165) is 23.5 Å². The molecular weight excluding hydrogens is 388 g/mol. The number of anilines is 1. The van der Waals surface area contributed by atoms with Gasteiger partial charge in [-0.05, 0) is 21.8 Å². The fourth-order valence-electron chi connectivity index (χ4n) is 2.06. The molecule has 1 aromatic heterocycles. The zero-order valence-electron chi connectivity index (χ0n) is 11.6. The first-order chi connectivity index (χ1) is 9.49. The van der Waals surface area contributed by atoms with Crippen LogP contribution in [0.25, 0.3) is 0 Å². The number of alkyl halides is 1. The molecule has 7 heteroatoms. The number of halogens is 2. The summed E-state index contributed by atoms with van der Waals surface area (Å²) in [5.41, 5.74) is 0. The van der Waals surface area contributed by atoms with Gasteiger partial charge >= 0.3 is 0 Å². The summed E-state index contributed by atoms with van der Waals surface area (Å²) >= 11 is 6.80. The summed E-state index contributed by atoms with van der Waals surface area (Å²) in [7, 11) is 0. The molecule has 1 amide bonds. The largest absolute Gasteiger partial charge is 0.338 e. The Kier molecular flexibility index (Phi) is 5.37. The second kappa shape index (κ2) is 6.85. The highest BCUT2D eigenvalue weighted by molar-refractivity contribution is 9.10. The Morgan fingerprint density at radius 1 is 1.20 bits per heavy atom. The van der Waals surface area contributed by atoms with Crippen LogP contribution < -0.4 is 4.90 Å². The SMILES string of the molecule is CC(C)C(Br)C(=O)N1CCN(c2ncc(Br)cn2)CC1. The molecular formula is C13H18Br2N4O. The monoisotopic (exact) mass is 404 g/mol. The molecule has 1 atom stereocenters. The highest BCUT2D eigenvalue weighted by Crippen LogP contribution is 2.18. The van der Waals surface area contributed by atoms with Gasteiger partial charge in [0.25, 0.3) is 0 Å². The van der Waals surface area contributed by atoms with Crippen LogP contribution >= 0.6 is 31.9 Å². The Balaban J connectivity index is 1.92. The van der Waals surface area contributed by atoms with Crippen molar-refractivity contribution in [2.24, 2.45) is 5.92 Å². The van der Waals surface area contributed by atoms with E-state index in [0.29, 0.717) is 19.0 Å². The minimum absolute atomic E-state index is 0.0991. The molecule has 1 saturated heterocycles. The predicted octanol–water partition coefficient (Wildman–Crippen LogP) is 2.31. The third-order valence-corrected chi connectivity index (χ3v) is 5.16. The number of carbonyl (C=O) groups excluding carboxylic acids is 1. The fraction of sp³-hybridized carbons (Fsp3) is 0.615. The van der Waals surface area contributed by atoms with Crippen molar-refractivity contribution in [3.63, 3.8) is 0 Å². The van der Waals surface area contributed by atoms with Gasteiger partial charge in [0, 0.05) is 38.6 Å². The maximum absolute atomic E-state index is 12.3. The van der Waals surface area contributed by atoms with Gasteiger partial charge in [0.1, 0.15) is 0 Å². The first kappa shape index (κ1) is 15.7. The zero-order valence-corrected chi connectivity index (χ0v) is 14.8. The van der Waals surface area contributed by atoms with Gasteiger partial charge in [-0.2, -0.15) is 0 Å². The van der Waals surface area contributed by atoms with E-state index in [2.05, 4.69) is 46.7 Å². The average molecular weight is 406 g/mol. The molecule has 1 aromatic rings. The van der Waals surface area contributed by atoms with Crippen molar-refractivity contribution in [3.8, 4) is 0 Å². The number of carbonyl (C=O) groups is 1. The second-order valence-electron chi connectivity index (χ2n) is 5.16. The van der Waals surface area contributed by atoms with E-state index in [9.17, 15) is 4.79 Å². The molecule has 0 bridgehead atoms. The maximum atomic E-state index is 12.3. The molecule has 0 aliphatic carbocycles. The predicted molar refractivity (Wildman–Crippen MR) is 86.1 cm³/mol. The molecule has 0 spiro atoms. The number of amides is 1. The quantitative estimate of drug-likeness (QED) is 0.724. The van der Waals surface area contributed by atoms with Crippen molar-refractivity contribution in [3.05, 3.63) is 16.9 Å². The summed E-state index contributed by atoms with van der Waals surface area (Å²) in [5, 5.41) is 0. The van der Waals surface area contributed by atoms with Crippen LogP contribution in [-0.2, 0) is 4.79 Å². The molecule has 0 radical (unpaired) electrons. The van der Waals surface area contributed by atoms with Gasteiger partial charge < -0.3 is 9.80 Å². The topological polar surface area (TPSA) is 49.3 Å². The van der Waals surface area contributed by atoms with E-state index in [4.69, 9.17) is 0 Å². The molecule has 0 N–H and O–H groups in total. The number of hydrogen-bond acceptors (Lipinski definition) is 4. The summed E-state index contributed by atoms with van der Waals surface area (Å²) in [5.74, 6) is 1.20. The Bertz CT molecular complexity index is 458. The normalized spacial score (nSPS) is 17.4. The minimum Gasteiger partial charge on any atom is -0.338 e. The fourth-order valence-corrected chi connectivity index (χ4v) is 2.55. The van der Waals surface area contributed by atoms with Gasteiger partial charge in [0.05, 0.1) is 9.30 Å². The van der Waals surface area contributed by atoms with E-state index >= 15 is 0 Å². The molecule has 1 aliphatic rings. The molecule has 5 nitrogen and oxygen atoms in total. The Hall–Kier alpha value is -0.690. The second-order valence-corrected chi connectivity index (χ2v) is 7.06. The highest BCUT2D eigenvalue weighted by atomic mass is 79.9. The summed E-state index contributed by atoms with van der Waals surface area (Å²) < 4.78 is 0.870. The van der Waals surface area contributed by atoms with E-state index in [1.54, 1.807) is 12.4 Å². The number of hydrogen-bond donors (Lipinski definition) is 0. The standard InChI is InChI=1S/C13H18Br2N4O/c1-9(2)11(15)12(20)18-3-5-19(6-4-18)13-16-7-10(14)8-17-13/h7-9,11H,3-6H2,1-2H3. The highest BCUT2D eigenvalue weighted by Gasteiger charge is 2.28. The first-order valence-electron chi connectivity index (χ1n) is 6.64. The van der Waals surface area contributed by atoms with Gasteiger partial charge in [-0.3, -0.25) is 4.79 Å². The van der Waals surface area contributed by atoms with Crippen LogP contribution in [0, 0.1) is 5.92 Å². The smallest absolute Gasteiger partial charge is 0.236 e. The van der Waals surface area contributed by atoms with Crippen LogP contribution in [0.4, 0.5) is 5.95 Å². The molecule has 2 rings (SSSR count). The molecule has 110 valence electrons. The molecule has 2 heterocycles. The van der Waals surface area contributed by atoms with Crippen molar-refractivity contribution in [2.75, 3.05) is 31.1 Å². The van der Waals surface area contributed by atoms with Crippen molar-refractivity contribution in [1.82, 2.24) is 14.9 Å². The lowest BCUT2D eigenvalue weighted by atomic mass is 10.1. The summed E-state index contributed by atoms with van der Waals surface area (Å²) in [6.07, 6.45) is 3.49. The first-order valence-corrected chi connectivity index (χ1v) is 8.35. The van der Waals surface area contributed by atoms with E-state index in [1.165, 1.54) is 0 Å². The van der Waals surface area contributed by atoms with Crippen LogP contribution in [0.1, 0.15) is 13.8 Å². The lowest BCUT2D eigenvalue weighted by Crippen LogP contribution is -2.51. The van der Waals surface area contributed by atoms with Gasteiger partial charge in [-0.1, -0.05) is 29.8 Å². The lowest BCUT2D eigenvalue weighted by Gasteiger charge is -2.36. The van der Waals surface area contributed by atoms with Gasteiger partial charge in [-0.25, -0.2) is 9.97 Å². The zero-order chi connectivity index (χ0) is 14.7. The van der Waals surface area contributed by atoms with E-state index in [-0.39, 0.29) is 10.7 Å². The van der Waals surface area contributed by atoms with Gasteiger partial charge in [0.15, 0.2) is 0 Å². The molecule has 20 heavy (non-hydrogen) atoms. The van der Waals surface area contributed by atoms with Crippen molar-refractivity contribution in [2.45, 2.75) is 18.7 Å². The average Bonchev–Trinajstić information content (AvgIpc) is 2.46. The van der Waals surface area contributed by atoms with E-state index in [1.807, 2.05) is 18.7 Å². The molecule has 1 aliphatic heterocycles. The molecule has 1 unspecified atom stereocenters. The summed E-state index contributed by atoms with van der Waals surface area (Å²) in [6, 6.07) is 0. The van der Waals surface area contributed by atoms with Crippen LogP contribution in [0.5, 0.6) is 0 Å². The number of aromatic nitrogens is 2. The Labute approximate surface area is 136 Å². The minimum atomic E-state index is -0.0991. The third kappa shape index (κ3) is 3.69. The number of nitrogens with zero attached hydrogens (tertiary/aromatic N) is 4. The number of rotatable bonds is 3. The van der Waals surface area contributed by atoms with Crippen LogP contribution in [0.3, 0.4) is 0 Å². The van der Waals surface area contributed by atoms with Gasteiger partial charge in [0.2, 0.25) is 11.9 Å². The third-order valence-electron chi connectivity index (χ3n) is 3.30. The Morgan fingerprint density at radius 3 is 2.25 bits per heavy atom. The number of piperazine rings is 1. The summed E-state index contributed by atoms with van der Waals surface area (Å²) in [6.45, 7) is 7.06.